The molecule has 16 heavy (non-hydrogen) atoms. The molecule has 6 N–H and O–H groups in total. The van der Waals surface area contributed by atoms with E-state index in [9.17, 15) is 9.36 Å². The Morgan fingerprint density at radius 2 is 1.62 bits per heavy atom. The van der Waals surface area contributed by atoms with Gasteiger partial charge in [0.1, 0.15) is 24.4 Å². The van der Waals surface area contributed by atoms with Gasteiger partial charge in [-0.3, -0.25) is 4.52 Å². The van der Waals surface area contributed by atoms with E-state index in [1.807, 2.05) is 0 Å². The fourth-order valence-corrected chi connectivity index (χ4v) is 1.13. The van der Waals surface area contributed by atoms with Crippen LogP contribution >= 0.6 is 7.82 Å². The molecule has 0 amide bonds. The largest absolute Gasteiger partial charge is 0.469 e. The zero-order valence-electron chi connectivity index (χ0n) is 7.95. The molecule has 10 heteroatoms. The van der Waals surface area contributed by atoms with Gasteiger partial charge in [0, 0.05) is 0 Å². The first-order valence-corrected chi connectivity index (χ1v) is 5.59. The van der Waals surface area contributed by atoms with Crippen LogP contribution < -0.4 is 0 Å². The molecule has 0 unspecified atom stereocenters. The summed E-state index contributed by atoms with van der Waals surface area (Å²) in [5.41, 5.74) is 0. The van der Waals surface area contributed by atoms with Crippen LogP contribution in [0.2, 0.25) is 0 Å². The van der Waals surface area contributed by atoms with Crippen molar-refractivity contribution >= 4 is 14.1 Å². The third kappa shape index (κ3) is 5.64. The molecule has 0 radical (unpaired) electrons. The lowest BCUT2D eigenvalue weighted by atomic mass is 10.0. The zero-order valence-corrected chi connectivity index (χ0v) is 8.84. The Labute approximate surface area is 90.2 Å². The van der Waals surface area contributed by atoms with E-state index >= 15 is 0 Å². The van der Waals surface area contributed by atoms with Crippen molar-refractivity contribution in [3.05, 3.63) is 0 Å². The molecule has 0 heterocycles. The predicted molar refractivity (Wildman–Crippen MR) is 48.1 cm³/mol. The van der Waals surface area contributed by atoms with Crippen molar-refractivity contribution in [2.75, 3.05) is 6.61 Å². The molecule has 0 spiro atoms. The van der Waals surface area contributed by atoms with Crippen LogP contribution in [0.5, 0.6) is 0 Å². The van der Waals surface area contributed by atoms with Crippen LogP contribution in [0.1, 0.15) is 0 Å². The van der Waals surface area contributed by atoms with Crippen molar-refractivity contribution in [1.29, 1.82) is 0 Å². The molecule has 0 rings (SSSR count). The maximum absolute atomic E-state index is 10.2. The fraction of sp³-hybridized carbons (Fsp3) is 0.833. The monoisotopic (exact) mass is 260 g/mol. The first-order valence-electron chi connectivity index (χ1n) is 4.06. The standard InChI is InChI=1S/C6H13O9P/c7-1-3(8)5(10)6(11)4(9)2-15-16(12,13)14/h1,3-6,8-11H,2H2,(H2,12,13,14)/t3-,4+,5+,6+/m1/s1. The molecule has 0 aliphatic heterocycles. The zero-order chi connectivity index (χ0) is 12.9. The van der Waals surface area contributed by atoms with E-state index in [1.165, 1.54) is 0 Å². The van der Waals surface area contributed by atoms with Crippen molar-refractivity contribution in [1.82, 2.24) is 0 Å². The Morgan fingerprint density at radius 3 is 2.00 bits per heavy atom. The number of aliphatic hydroxyl groups excluding tert-OH is 4. The van der Waals surface area contributed by atoms with Gasteiger partial charge in [-0.15, -0.1) is 0 Å². The second-order valence-corrected chi connectivity index (χ2v) is 4.20. The van der Waals surface area contributed by atoms with Gasteiger partial charge in [-0.2, -0.15) is 0 Å². The summed E-state index contributed by atoms with van der Waals surface area (Å²) in [4.78, 5) is 26.6. The topological polar surface area (TPSA) is 165 Å². The predicted octanol–water partition coefficient (Wildman–Crippen LogP) is -3.26. The third-order valence-corrected chi connectivity index (χ3v) is 2.13. The van der Waals surface area contributed by atoms with E-state index in [2.05, 4.69) is 4.52 Å². The lowest BCUT2D eigenvalue weighted by Crippen LogP contribution is -2.46. The summed E-state index contributed by atoms with van der Waals surface area (Å²) in [6.45, 7) is -0.964. The van der Waals surface area contributed by atoms with Crippen molar-refractivity contribution < 1.29 is 44.1 Å². The maximum atomic E-state index is 10.2. The Bertz CT molecular complexity index is 263. The Morgan fingerprint density at radius 1 is 1.12 bits per heavy atom. The Kier molecular flexibility index (Phi) is 6.23. The molecular weight excluding hydrogens is 247 g/mol. The van der Waals surface area contributed by atoms with Crippen molar-refractivity contribution in [3.63, 3.8) is 0 Å². The molecule has 0 aromatic heterocycles. The van der Waals surface area contributed by atoms with E-state index < -0.39 is 38.8 Å². The summed E-state index contributed by atoms with van der Waals surface area (Å²) in [6.07, 6.45) is -7.80. The number of rotatable bonds is 7. The number of hydrogen-bond acceptors (Lipinski definition) is 7. The Hall–Kier alpha value is -0.380. The molecule has 96 valence electrons. The van der Waals surface area contributed by atoms with Crippen LogP contribution in [0.25, 0.3) is 0 Å². The van der Waals surface area contributed by atoms with E-state index in [0.29, 0.717) is 0 Å². The van der Waals surface area contributed by atoms with Gasteiger partial charge in [-0.25, -0.2) is 4.57 Å². The second-order valence-electron chi connectivity index (χ2n) is 2.96. The minimum absolute atomic E-state index is 0.0650. The summed E-state index contributed by atoms with van der Waals surface area (Å²) in [7, 11) is -4.80. The number of hydrogen-bond donors (Lipinski definition) is 6. The third-order valence-electron chi connectivity index (χ3n) is 1.65. The Balaban J connectivity index is 4.22. The molecule has 0 aromatic rings. The van der Waals surface area contributed by atoms with Gasteiger partial charge in [0.05, 0.1) is 6.61 Å². The van der Waals surface area contributed by atoms with Crippen molar-refractivity contribution in [2.45, 2.75) is 24.4 Å². The maximum Gasteiger partial charge on any atom is 0.469 e. The van der Waals surface area contributed by atoms with E-state index in [-0.39, 0.29) is 6.29 Å². The molecule has 0 aliphatic carbocycles. The smallest absolute Gasteiger partial charge is 0.388 e. The van der Waals surface area contributed by atoms with Crippen LogP contribution in [-0.2, 0) is 13.9 Å². The van der Waals surface area contributed by atoms with E-state index in [1.54, 1.807) is 0 Å². The molecule has 0 aromatic carbocycles. The molecule has 4 atom stereocenters. The van der Waals surface area contributed by atoms with Crippen LogP contribution in [0, 0.1) is 0 Å². The van der Waals surface area contributed by atoms with Gasteiger partial charge in [-0.05, 0) is 0 Å². The van der Waals surface area contributed by atoms with Crippen molar-refractivity contribution in [3.8, 4) is 0 Å². The van der Waals surface area contributed by atoms with Gasteiger partial charge in [0.25, 0.3) is 0 Å². The van der Waals surface area contributed by atoms with Gasteiger partial charge in [0.15, 0.2) is 6.29 Å². The molecule has 0 fully saturated rings. The molecule has 0 bridgehead atoms. The molecule has 9 nitrogen and oxygen atoms in total. The summed E-state index contributed by atoms with van der Waals surface area (Å²) in [5.74, 6) is 0. The highest BCUT2D eigenvalue weighted by Gasteiger charge is 2.31. The number of aliphatic hydroxyl groups is 4. The van der Waals surface area contributed by atoms with E-state index in [0.717, 1.165) is 0 Å². The summed E-state index contributed by atoms with van der Waals surface area (Å²) in [6, 6.07) is 0. The summed E-state index contributed by atoms with van der Waals surface area (Å²) >= 11 is 0. The van der Waals surface area contributed by atoms with Gasteiger partial charge >= 0.3 is 7.82 Å². The number of phosphoric ester groups is 1. The SMILES string of the molecule is O=C[C@@H](O)[C@H](O)[C@@H](O)[C@@H](O)COP(=O)(O)O. The summed E-state index contributed by atoms with van der Waals surface area (Å²) < 4.78 is 14.1. The highest BCUT2D eigenvalue weighted by atomic mass is 31.2. The molecule has 0 saturated heterocycles. The molecular formula is C6H13O9P. The van der Waals surface area contributed by atoms with Gasteiger partial charge in [-0.1, -0.05) is 0 Å². The van der Waals surface area contributed by atoms with E-state index in [4.69, 9.17) is 30.2 Å². The lowest BCUT2D eigenvalue weighted by molar-refractivity contribution is -0.136. The second kappa shape index (κ2) is 6.38. The van der Waals surface area contributed by atoms with Crippen LogP contribution in [0.15, 0.2) is 0 Å². The van der Waals surface area contributed by atoms with Crippen molar-refractivity contribution in [2.24, 2.45) is 0 Å². The van der Waals surface area contributed by atoms with Crippen LogP contribution in [0.4, 0.5) is 0 Å². The highest BCUT2D eigenvalue weighted by Crippen LogP contribution is 2.35. The number of phosphoric acid groups is 1. The molecule has 0 saturated carbocycles. The average Bonchev–Trinajstić information content (AvgIpc) is 2.21. The number of carbonyl (C=O) groups is 1. The highest BCUT2D eigenvalue weighted by molar-refractivity contribution is 7.46. The number of aldehydes is 1. The van der Waals surface area contributed by atoms with Gasteiger partial charge in [0.2, 0.25) is 0 Å². The average molecular weight is 260 g/mol. The number of carbonyl (C=O) groups excluding carboxylic acids is 1. The minimum Gasteiger partial charge on any atom is -0.388 e. The normalized spacial score (nSPS) is 19.9. The fourth-order valence-electron chi connectivity index (χ4n) is 0.782. The molecule has 0 aliphatic rings. The van der Waals surface area contributed by atoms with Gasteiger partial charge < -0.3 is 35.0 Å². The summed E-state index contributed by atoms with van der Waals surface area (Å²) in [5, 5.41) is 36.1. The first kappa shape index (κ1) is 15.6. The quantitative estimate of drug-likeness (QED) is 0.203. The lowest BCUT2D eigenvalue weighted by Gasteiger charge is -2.23. The minimum atomic E-state index is -4.80. The van der Waals surface area contributed by atoms with Crippen LogP contribution in [-0.4, -0.2) is 67.5 Å². The first-order chi connectivity index (χ1) is 7.19. The van der Waals surface area contributed by atoms with Crippen LogP contribution in [0.3, 0.4) is 0 Å².